The molecule has 0 unspecified atom stereocenters. The predicted octanol–water partition coefficient (Wildman–Crippen LogP) is 3.78. The molecule has 3 N–H and O–H groups in total. The molecule has 0 fully saturated rings. The molecule has 17 heavy (non-hydrogen) atoms. The molecular formula is C13H13BrN2O. The zero-order chi connectivity index (χ0) is 12.3. The van der Waals surface area contributed by atoms with Gasteiger partial charge in [0.15, 0.2) is 0 Å². The van der Waals surface area contributed by atoms with E-state index in [9.17, 15) is 0 Å². The minimum absolute atomic E-state index is 0.712. The van der Waals surface area contributed by atoms with Gasteiger partial charge in [-0.3, -0.25) is 0 Å². The molecule has 0 spiro atoms. The number of ether oxygens (including phenoxy) is 1. The van der Waals surface area contributed by atoms with Crippen LogP contribution in [0.25, 0.3) is 0 Å². The Labute approximate surface area is 109 Å². The van der Waals surface area contributed by atoms with Crippen LogP contribution in [0.3, 0.4) is 0 Å². The SMILES string of the molecule is COc1ccc(Nc2cc(Br)ccc2N)cc1. The Balaban J connectivity index is 2.22. The van der Waals surface area contributed by atoms with Gasteiger partial charge in [0, 0.05) is 10.2 Å². The average molecular weight is 293 g/mol. The van der Waals surface area contributed by atoms with E-state index in [0.29, 0.717) is 5.69 Å². The van der Waals surface area contributed by atoms with Crippen molar-refractivity contribution in [3.05, 3.63) is 46.9 Å². The monoisotopic (exact) mass is 292 g/mol. The molecule has 0 aliphatic carbocycles. The van der Waals surface area contributed by atoms with Gasteiger partial charge in [0.1, 0.15) is 5.75 Å². The van der Waals surface area contributed by atoms with E-state index >= 15 is 0 Å². The Kier molecular flexibility index (Phi) is 3.54. The number of hydrogen-bond acceptors (Lipinski definition) is 3. The highest BCUT2D eigenvalue weighted by Crippen LogP contribution is 2.27. The second kappa shape index (κ2) is 5.10. The fourth-order valence-corrected chi connectivity index (χ4v) is 1.83. The van der Waals surface area contributed by atoms with E-state index in [2.05, 4.69) is 21.2 Å². The van der Waals surface area contributed by atoms with Gasteiger partial charge < -0.3 is 15.8 Å². The number of rotatable bonds is 3. The summed E-state index contributed by atoms with van der Waals surface area (Å²) in [4.78, 5) is 0. The first kappa shape index (κ1) is 11.8. The van der Waals surface area contributed by atoms with Gasteiger partial charge in [-0.1, -0.05) is 15.9 Å². The minimum atomic E-state index is 0.712. The van der Waals surface area contributed by atoms with Gasteiger partial charge >= 0.3 is 0 Å². The number of methoxy groups -OCH3 is 1. The summed E-state index contributed by atoms with van der Waals surface area (Å²) in [6.45, 7) is 0. The summed E-state index contributed by atoms with van der Waals surface area (Å²) in [5, 5.41) is 3.25. The lowest BCUT2D eigenvalue weighted by molar-refractivity contribution is 0.415. The van der Waals surface area contributed by atoms with Gasteiger partial charge in [0.2, 0.25) is 0 Å². The summed E-state index contributed by atoms with van der Waals surface area (Å²) in [5.41, 5.74) is 8.44. The smallest absolute Gasteiger partial charge is 0.119 e. The molecule has 0 atom stereocenters. The molecule has 0 saturated carbocycles. The standard InChI is InChI=1S/C13H13BrN2O/c1-17-11-5-3-10(4-6-11)16-13-8-9(14)2-7-12(13)15/h2-8,16H,15H2,1H3. The Hall–Kier alpha value is -1.68. The van der Waals surface area contributed by atoms with Crippen molar-refractivity contribution in [1.82, 2.24) is 0 Å². The highest BCUT2D eigenvalue weighted by atomic mass is 79.9. The van der Waals surface area contributed by atoms with Crippen molar-refractivity contribution >= 4 is 33.0 Å². The van der Waals surface area contributed by atoms with Crippen molar-refractivity contribution in [3.63, 3.8) is 0 Å². The molecule has 2 aromatic rings. The van der Waals surface area contributed by atoms with Gasteiger partial charge in [0.25, 0.3) is 0 Å². The van der Waals surface area contributed by atoms with Crippen molar-refractivity contribution in [2.45, 2.75) is 0 Å². The summed E-state index contributed by atoms with van der Waals surface area (Å²) in [6.07, 6.45) is 0. The molecule has 4 heteroatoms. The number of nitrogens with one attached hydrogen (secondary N) is 1. The zero-order valence-corrected chi connectivity index (χ0v) is 11.0. The quantitative estimate of drug-likeness (QED) is 0.847. The summed E-state index contributed by atoms with van der Waals surface area (Å²) >= 11 is 3.42. The van der Waals surface area contributed by atoms with Crippen LogP contribution in [-0.2, 0) is 0 Å². The summed E-state index contributed by atoms with van der Waals surface area (Å²) in [6, 6.07) is 13.4. The van der Waals surface area contributed by atoms with Crippen LogP contribution in [0.2, 0.25) is 0 Å². The molecule has 0 bridgehead atoms. The molecule has 0 radical (unpaired) electrons. The molecule has 0 saturated heterocycles. The Morgan fingerprint density at radius 3 is 2.47 bits per heavy atom. The van der Waals surface area contributed by atoms with Gasteiger partial charge in [0.05, 0.1) is 18.5 Å². The first-order valence-corrected chi connectivity index (χ1v) is 5.94. The molecule has 0 heterocycles. The first-order chi connectivity index (χ1) is 8.19. The molecule has 0 aromatic heterocycles. The van der Waals surface area contributed by atoms with Crippen molar-refractivity contribution in [1.29, 1.82) is 0 Å². The van der Waals surface area contributed by atoms with Crippen molar-refractivity contribution in [2.75, 3.05) is 18.2 Å². The maximum absolute atomic E-state index is 5.89. The van der Waals surface area contributed by atoms with E-state index in [1.807, 2.05) is 42.5 Å². The molecule has 2 rings (SSSR count). The van der Waals surface area contributed by atoms with E-state index in [1.165, 1.54) is 0 Å². The van der Waals surface area contributed by atoms with Crippen LogP contribution in [0, 0.1) is 0 Å². The topological polar surface area (TPSA) is 47.3 Å². The lowest BCUT2D eigenvalue weighted by atomic mass is 10.2. The fourth-order valence-electron chi connectivity index (χ4n) is 1.47. The van der Waals surface area contributed by atoms with Crippen LogP contribution < -0.4 is 15.8 Å². The Morgan fingerprint density at radius 2 is 1.82 bits per heavy atom. The predicted molar refractivity (Wildman–Crippen MR) is 74.8 cm³/mol. The number of anilines is 3. The highest BCUT2D eigenvalue weighted by molar-refractivity contribution is 9.10. The largest absolute Gasteiger partial charge is 0.497 e. The van der Waals surface area contributed by atoms with Crippen LogP contribution in [0.15, 0.2) is 46.9 Å². The van der Waals surface area contributed by atoms with Gasteiger partial charge in [-0.15, -0.1) is 0 Å². The molecule has 3 nitrogen and oxygen atoms in total. The van der Waals surface area contributed by atoms with E-state index in [-0.39, 0.29) is 0 Å². The Morgan fingerprint density at radius 1 is 1.12 bits per heavy atom. The van der Waals surface area contributed by atoms with Crippen molar-refractivity contribution < 1.29 is 4.74 Å². The normalized spacial score (nSPS) is 10.0. The van der Waals surface area contributed by atoms with Crippen molar-refractivity contribution in [3.8, 4) is 5.75 Å². The van der Waals surface area contributed by atoms with Crippen LogP contribution in [0.4, 0.5) is 17.1 Å². The van der Waals surface area contributed by atoms with Gasteiger partial charge in [-0.25, -0.2) is 0 Å². The second-order valence-corrected chi connectivity index (χ2v) is 4.50. The molecule has 0 aliphatic heterocycles. The third kappa shape index (κ3) is 2.91. The number of halogens is 1. The number of nitrogen functional groups attached to an aromatic ring is 1. The van der Waals surface area contributed by atoms with Crippen LogP contribution in [0.1, 0.15) is 0 Å². The number of hydrogen-bond donors (Lipinski definition) is 2. The van der Waals surface area contributed by atoms with E-state index in [1.54, 1.807) is 7.11 Å². The van der Waals surface area contributed by atoms with E-state index in [0.717, 1.165) is 21.6 Å². The lowest BCUT2D eigenvalue weighted by Gasteiger charge is -2.10. The molecule has 0 amide bonds. The van der Waals surface area contributed by atoms with Crippen LogP contribution in [0.5, 0.6) is 5.75 Å². The maximum Gasteiger partial charge on any atom is 0.119 e. The molecule has 2 aromatic carbocycles. The molecule has 0 aliphatic rings. The van der Waals surface area contributed by atoms with Crippen LogP contribution >= 0.6 is 15.9 Å². The lowest BCUT2D eigenvalue weighted by Crippen LogP contribution is -1.96. The molecular weight excluding hydrogens is 280 g/mol. The van der Waals surface area contributed by atoms with E-state index in [4.69, 9.17) is 10.5 Å². The first-order valence-electron chi connectivity index (χ1n) is 5.15. The van der Waals surface area contributed by atoms with Crippen LogP contribution in [-0.4, -0.2) is 7.11 Å². The summed E-state index contributed by atoms with van der Waals surface area (Å²) < 4.78 is 6.09. The fraction of sp³-hybridized carbons (Fsp3) is 0.0769. The summed E-state index contributed by atoms with van der Waals surface area (Å²) in [5.74, 6) is 0.831. The molecule has 88 valence electrons. The van der Waals surface area contributed by atoms with Crippen molar-refractivity contribution in [2.24, 2.45) is 0 Å². The zero-order valence-electron chi connectivity index (χ0n) is 9.41. The maximum atomic E-state index is 5.89. The summed E-state index contributed by atoms with van der Waals surface area (Å²) in [7, 11) is 1.65. The Bertz CT molecular complexity index is 511. The third-order valence-electron chi connectivity index (χ3n) is 2.38. The van der Waals surface area contributed by atoms with Gasteiger partial charge in [-0.05, 0) is 42.5 Å². The minimum Gasteiger partial charge on any atom is -0.497 e. The number of nitrogens with two attached hydrogens (primary N) is 1. The third-order valence-corrected chi connectivity index (χ3v) is 2.88. The number of benzene rings is 2. The average Bonchev–Trinajstić information content (AvgIpc) is 2.35. The highest BCUT2D eigenvalue weighted by Gasteiger charge is 2.01. The van der Waals surface area contributed by atoms with Gasteiger partial charge in [-0.2, -0.15) is 0 Å². The second-order valence-electron chi connectivity index (χ2n) is 3.59. The van der Waals surface area contributed by atoms with E-state index < -0.39 is 0 Å².